The zero-order chi connectivity index (χ0) is 19.3. The number of aryl methyl sites for hydroxylation is 3. The van der Waals surface area contributed by atoms with E-state index in [0.29, 0.717) is 0 Å². The number of nitrogens with zero attached hydrogens (tertiary/aromatic N) is 4. The van der Waals surface area contributed by atoms with Gasteiger partial charge in [-0.05, 0) is 49.1 Å². The lowest BCUT2D eigenvalue weighted by molar-refractivity contribution is 0.651. The topological polar surface area (TPSA) is 32.3 Å². The molecule has 4 nitrogen and oxygen atoms in total. The summed E-state index contributed by atoms with van der Waals surface area (Å²) < 4.78 is 2.62. The summed E-state index contributed by atoms with van der Waals surface area (Å²) in [6, 6.07) is 11.0. The first-order valence-electron chi connectivity index (χ1n) is 9.88. The Kier molecular flexibility index (Phi) is 4.48. The van der Waals surface area contributed by atoms with Gasteiger partial charge in [0.15, 0.2) is 10.3 Å². The Labute approximate surface area is 173 Å². The summed E-state index contributed by atoms with van der Waals surface area (Å²) in [5, 5.41) is 2.31. The Bertz CT molecular complexity index is 1150. The highest BCUT2D eigenvalue weighted by atomic mass is 32.1. The second-order valence-electron chi connectivity index (χ2n) is 7.51. The number of aromatic nitrogens is 2. The standard InChI is InChI=1S/C22H24N4S2/c1-4-16-6-5-7-18-19(16)24-22(27-18)26-10-8-25(9-11-26)21-23-17-13-14(2)12-15(3)20(17)28-21/h5-7,12-13H,4,8-11H2,1-3H3. The number of para-hydroxylation sites is 1. The van der Waals surface area contributed by atoms with Crippen LogP contribution in [0.3, 0.4) is 0 Å². The van der Waals surface area contributed by atoms with E-state index >= 15 is 0 Å². The Hall–Kier alpha value is -2.18. The van der Waals surface area contributed by atoms with E-state index in [0.717, 1.165) is 48.4 Å². The van der Waals surface area contributed by atoms with Crippen LogP contribution in [-0.4, -0.2) is 36.1 Å². The van der Waals surface area contributed by atoms with Gasteiger partial charge in [0.1, 0.15) is 0 Å². The van der Waals surface area contributed by atoms with Crippen LogP contribution in [0.15, 0.2) is 30.3 Å². The van der Waals surface area contributed by atoms with Crippen molar-refractivity contribution in [2.75, 3.05) is 36.0 Å². The number of rotatable bonds is 3. The van der Waals surface area contributed by atoms with Crippen LogP contribution < -0.4 is 9.80 Å². The van der Waals surface area contributed by atoms with Crippen LogP contribution in [0.1, 0.15) is 23.6 Å². The largest absolute Gasteiger partial charge is 0.345 e. The average molecular weight is 409 g/mol. The van der Waals surface area contributed by atoms with Crippen molar-refractivity contribution in [2.24, 2.45) is 0 Å². The van der Waals surface area contributed by atoms with Crippen molar-refractivity contribution in [1.29, 1.82) is 0 Å². The Morgan fingerprint density at radius 3 is 2.36 bits per heavy atom. The first-order valence-corrected chi connectivity index (χ1v) is 11.5. The minimum absolute atomic E-state index is 0.994. The fourth-order valence-electron chi connectivity index (χ4n) is 4.00. The summed E-state index contributed by atoms with van der Waals surface area (Å²) in [4.78, 5) is 14.8. The van der Waals surface area contributed by atoms with Crippen LogP contribution in [-0.2, 0) is 6.42 Å². The van der Waals surface area contributed by atoms with Crippen LogP contribution in [0.5, 0.6) is 0 Å². The molecule has 0 spiro atoms. The van der Waals surface area contributed by atoms with Crippen molar-refractivity contribution in [1.82, 2.24) is 9.97 Å². The van der Waals surface area contributed by atoms with E-state index in [2.05, 4.69) is 60.9 Å². The van der Waals surface area contributed by atoms with Crippen LogP contribution in [0.4, 0.5) is 10.3 Å². The number of benzene rings is 2. The normalized spacial score (nSPS) is 15.1. The molecule has 1 saturated heterocycles. The van der Waals surface area contributed by atoms with E-state index in [9.17, 15) is 0 Å². The summed E-state index contributed by atoms with van der Waals surface area (Å²) in [5.41, 5.74) is 6.29. The van der Waals surface area contributed by atoms with Gasteiger partial charge in [-0.25, -0.2) is 9.97 Å². The van der Waals surface area contributed by atoms with Crippen molar-refractivity contribution in [3.8, 4) is 0 Å². The van der Waals surface area contributed by atoms with E-state index in [1.807, 2.05) is 22.7 Å². The fourth-order valence-corrected chi connectivity index (χ4v) is 6.14. The van der Waals surface area contributed by atoms with Crippen molar-refractivity contribution < 1.29 is 0 Å². The lowest BCUT2D eigenvalue weighted by Gasteiger charge is -2.34. The maximum absolute atomic E-state index is 4.97. The molecule has 0 aliphatic carbocycles. The van der Waals surface area contributed by atoms with E-state index < -0.39 is 0 Å². The molecular weight excluding hydrogens is 384 g/mol. The number of piperazine rings is 1. The maximum atomic E-state index is 4.97. The number of anilines is 2. The summed E-state index contributed by atoms with van der Waals surface area (Å²) >= 11 is 3.65. The third-order valence-corrected chi connectivity index (χ3v) is 7.85. The minimum Gasteiger partial charge on any atom is -0.345 e. The maximum Gasteiger partial charge on any atom is 0.186 e. The lowest BCUT2D eigenvalue weighted by Crippen LogP contribution is -2.46. The third-order valence-electron chi connectivity index (χ3n) is 5.50. The highest BCUT2D eigenvalue weighted by molar-refractivity contribution is 7.22. The zero-order valence-corrected chi connectivity index (χ0v) is 18.2. The van der Waals surface area contributed by atoms with Crippen LogP contribution >= 0.6 is 22.7 Å². The molecule has 1 fully saturated rings. The second kappa shape index (κ2) is 7.01. The molecule has 0 saturated carbocycles. The predicted molar refractivity (Wildman–Crippen MR) is 123 cm³/mol. The van der Waals surface area contributed by atoms with Gasteiger partial charge < -0.3 is 9.80 Å². The first kappa shape index (κ1) is 17.9. The van der Waals surface area contributed by atoms with Crippen molar-refractivity contribution >= 4 is 53.4 Å². The van der Waals surface area contributed by atoms with Crippen LogP contribution in [0.25, 0.3) is 20.4 Å². The van der Waals surface area contributed by atoms with Gasteiger partial charge in [-0.15, -0.1) is 0 Å². The van der Waals surface area contributed by atoms with Gasteiger partial charge in [-0.2, -0.15) is 0 Å². The molecule has 5 rings (SSSR count). The molecule has 1 aliphatic heterocycles. The van der Waals surface area contributed by atoms with Crippen LogP contribution in [0, 0.1) is 13.8 Å². The predicted octanol–water partition coefficient (Wildman–Crippen LogP) is 5.41. The molecule has 0 amide bonds. The Morgan fingerprint density at radius 1 is 0.929 bits per heavy atom. The monoisotopic (exact) mass is 408 g/mol. The first-order chi connectivity index (χ1) is 13.6. The van der Waals surface area contributed by atoms with Crippen molar-refractivity contribution in [3.05, 3.63) is 47.0 Å². The number of hydrogen-bond acceptors (Lipinski definition) is 6. The molecule has 0 atom stereocenters. The molecule has 0 radical (unpaired) electrons. The van der Waals surface area contributed by atoms with Gasteiger partial charge >= 0.3 is 0 Å². The highest BCUT2D eigenvalue weighted by Gasteiger charge is 2.22. The molecule has 0 N–H and O–H groups in total. The Balaban J connectivity index is 1.36. The molecule has 144 valence electrons. The fraction of sp³-hybridized carbons (Fsp3) is 0.364. The third kappa shape index (κ3) is 3.05. The zero-order valence-electron chi connectivity index (χ0n) is 16.5. The molecule has 6 heteroatoms. The van der Waals surface area contributed by atoms with E-state index in [1.165, 1.54) is 31.6 Å². The molecule has 2 aromatic heterocycles. The molecular formula is C22H24N4S2. The van der Waals surface area contributed by atoms with Gasteiger partial charge in [0.25, 0.3) is 0 Å². The summed E-state index contributed by atoms with van der Waals surface area (Å²) in [6.07, 6.45) is 1.03. The van der Waals surface area contributed by atoms with Gasteiger partial charge in [0, 0.05) is 26.2 Å². The minimum atomic E-state index is 0.994. The number of fused-ring (bicyclic) bond motifs is 2. The molecule has 28 heavy (non-hydrogen) atoms. The summed E-state index contributed by atoms with van der Waals surface area (Å²) in [6.45, 7) is 10.5. The molecule has 1 aliphatic rings. The Morgan fingerprint density at radius 2 is 1.64 bits per heavy atom. The quantitative estimate of drug-likeness (QED) is 0.454. The molecule has 2 aromatic carbocycles. The summed E-state index contributed by atoms with van der Waals surface area (Å²) in [7, 11) is 0. The number of hydrogen-bond donors (Lipinski definition) is 0. The highest BCUT2D eigenvalue weighted by Crippen LogP contribution is 2.34. The summed E-state index contributed by atoms with van der Waals surface area (Å²) in [5.74, 6) is 0. The van der Waals surface area contributed by atoms with Crippen molar-refractivity contribution in [3.63, 3.8) is 0 Å². The van der Waals surface area contributed by atoms with Gasteiger partial charge in [0.2, 0.25) is 0 Å². The average Bonchev–Trinajstić information content (AvgIpc) is 3.32. The van der Waals surface area contributed by atoms with E-state index in [1.54, 1.807) is 0 Å². The second-order valence-corrected chi connectivity index (χ2v) is 9.50. The molecule has 4 aromatic rings. The lowest BCUT2D eigenvalue weighted by atomic mass is 10.1. The molecule has 3 heterocycles. The molecule has 0 bridgehead atoms. The number of thiazole rings is 2. The smallest absolute Gasteiger partial charge is 0.186 e. The van der Waals surface area contributed by atoms with E-state index in [-0.39, 0.29) is 0 Å². The van der Waals surface area contributed by atoms with E-state index in [4.69, 9.17) is 9.97 Å². The van der Waals surface area contributed by atoms with Gasteiger partial charge in [-0.1, -0.05) is 47.8 Å². The van der Waals surface area contributed by atoms with Crippen molar-refractivity contribution in [2.45, 2.75) is 27.2 Å². The van der Waals surface area contributed by atoms with Gasteiger partial charge in [0.05, 0.1) is 20.4 Å². The van der Waals surface area contributed by atoms with Gasteiger partial charge in [-0.3, -0.25) is 0 Å². The molecule has 0 unspecified atom stereocenters. The van der Waals surface area contributed by atoms with Crippen LogP contribution in [0.2, 0.25) is 0 Å². The SMILES string of the molecule is CCc1cccc2sc(N3CCN(c4nc5cc(C)cc(C)c5s4)CC3)nc12.